The number of thiazole rings is 1. The number of amides is 2. The van der Waals surface area contributed by atoms with Crippen molar-refractivity contribution in [3.05, 3.63) is 47.2 Å². The average Bonchev–Trinajstić information content (AvgIpc) is 3.20. The lowest BCUT2D eigenvalue weighted by atomic mass is 10.1. The normalized spacial score (nSPS) is 13.3. The number of carbonyl (C=O) groups is 2. The molecule has 7 heteroatoms. The first-order valence-electron chi connectivity index (χ1n) is 7.72. The quantitative estimate of drug-likeness (QED) is 0.796. The summed E-state index contributed by atoms with van der Waals surface area (Å²) in [6.07, 6.45) is 4.86. The summed E-state index contributed by atoms with van der Waals surface area (Å²) in [4.78, 5) is 30.9. The Hall–Kier alpha value is -2.67. The number of hydrogen-bond donors (Lipinski definition) is 1. The Bertz CT molecular complexity index is 915. The zero-order valence-corrected chi connectivity index (χ0v) is 14.0. The highest BCUT2D eigenvalue weighted by Gasteiger charge is 2.22. The van der Waals surface area contributed by atoms with Gasteiger partial charge in [-0.15, -0.1) is 11.3 Å². The fourth-order valence-electron chi connectivity index (χ4n) is 3.04. The van der Waals surface area contributed by atoms with E-state index in [1.807, 2.05) is 40.4 Å². The predicted octanol–water partition coefficient (Wildman–Crippen LogP) is 2.49. The molecule has 0 radical (unpaired) electrons. The maximum absolute atomic E-state index is 12.2. The Labute approximate surface area is 142 Å². The van der Waals surface area contributed by atoms with E-state index >= 15 is 0 Å². The molecule has 1 aliphatic rings. The maximum atomic E-state index is 12.2. The van der Waals surface area contributed by atoms with Gasteiger partial charge in [0.1, 0.15) is 0 Å². The molecule has 0 spiro atoms. The van der Waals surface area contributed by atoms with Gasteiger partial charge in [0.15, 0.2) is 4.96 Å². The van der Waals surface area contributed by atoms with Gasteiger partial charge >= 0.3 is 0 Å². The molecule has 4 rings (SSSR count). The molecule has 2 aromatic heterocycles. The molecule has 122 valence electrons. The van der Waals surface area contributed by atoms with Crippen molar-refractivity contribution in [3.8, 4) is 0 Å². The molecule has 2 amide bonds. The van der Waals surface area contributed by atoms with E-state index in [-0.39, 0.29) is 18.2 Å². The van der Waals surface area contributed by atoms with Crippen LogP contribution in [0.25, 0.3) is 4.96 Å². The third kappa shape index (κ3) is 2.67. The van der Waals surface area contributed by atoms with Crippen LogP contribution in [0.5, 0.6) is 0 Å². The molecular formula is C17H16N4O2S. The van der Waals surface area contributed by atoms with Gasteiger partial charge < -0.3 is 10.2 Å². The van der Waals surface area contributed by atoms with Gasteiger partial charge in [0.05, 0.1) is 12.1 Å². The van der Waals surface area contributed by atoms with Crippen LogP contribution in [-0.2, 0) is 22.4 Å². The lowest BCUT2D eigenvalue weighted by Gasteiger charge is -2.15. The topological polar surface area (TPSA) is 66.7 Å². The highest BCUT2D eigenvalue weighted by Crippen LogP contribution is 2.30. The van der Waals surface area contributed by atoms with E-state index in [4.69, 9.17) is 0 Å². The second kappa shape index (κ2) is 5.76. The number of fused-ring (bicyclic) bond motifs is 2. The largest absolute Gasteiger partial charge is 0.326 e. The summed E-state index contributed by atoms with van der Waals surface area (Å²) in [6.45, 7) is 2.27. The number of nitrogens with one attached hydrogen (secondary N) is 1. The summed E-state index contributed by atoms with van der Waals surface area (Å²) >= 11 is 1.54. The molecule has 0 unspecified atom stereocenters. The first kappa shape index (κ1) is 14.9. The highest BCUT2D eigenvalue weighted by molar-refractivity contribution is 7.15. The summed E-state index contributed by atoms with van der Waals surface area (Å²) < 4.78 is 1.92. The lowest BCUT2D eigenvalue weighted by molar-refractivity contribution is -0.117. The molecule has 0 saturated carbocycles. The van der Waals surface area contributed by atoms with Crippen LogP contribution in [0.15, 0.2) is 36.0 Å². The van der Waals surface area contributed by atoms with Crippen LogP contribution in [0.4, 0.5) is 11.4 Å². The second-order valence-electron chi connectivity index (χ2n) is 5.81. The molecule has 3 aromatic rings. The summed E-state index contributed by atoms with van der Waals surface area (Å²) in [5.74, 6) is -0.0487. The number of benzene rings is 1. The van der Waals surface area contributed by atoms with Crippen LogP contribution in [-0.4, -0.2) is 27.7 Å². The minimum Gasteiger partial charge on any atom is -0.326 e. The van der Waals surface area contributed by atoms with Crippen molar-refractivity contribution < 1.29 is 9.59 Å². The van der Waals surface area contributed by atoms with Crippen LogP contribution in [0.1, 0.15) is 18.2 Å². The van der Waals surface area contributed by atoms with Crippen LogP contribution in [0.3, 0.4) is 0 Å². The van der Waals surface area contributed by atoms with E-state index in [1.54, 1.807) is 23.2 Å². The molecule has 0 saturated heterocycles. The van der Waals surface area contributed by atoms with E-state index in [1.165, 1.54) is 0 Å². The number of rotatable bonds is 3. The standard InChI is InChI=1S/C17H16N4O2S/c1-11(22)21-5-4-12-8-13(2-3-15(12)21)18-16(23)9-14-10-20-6-7-24-17(20)19-14/h2-3,6-8,10H,4-5,9H2,1H3,(H,18,23). The van der Waals surface area contributed by atoms with E-state index in [0.717, 1.165) is 34.0 Å². The number of aromatic nitrogens is 2. The van der Waals surface area contributed by atoms with E-state index < -0.39 is 0 Å². The number of nitrogens with zero attached hydrogens (tertiary/aromatic N) is 3. The van der Waals surface area contributed by atoms with Gasteiger partial charge in [-0.05, 0) is 30.2 Å². The summed E-state index contributed by atoms with van der Waals surface area (Å²) in [7, 11) is 0. The van der Waals surface area contributed by atoms with Gasteiger partial charge in [-0.2, -0.15) is 0 Å². The predicted molar refractivity (Wildman–Crippen MR) is 93.6 cm³/mol. The van der Waals surface area contributed by atoms with Crippen molar-refractivity contribution in [1.29, 1.82) is 0 Å². The first-order chi connectivity index (χ1) is 11.6. The Kier molecular flexibility index (Phi) is 3.57. The number of carbonyl (C=O) groups excluding carboxylic acids is 2. The van der Waals surface area contributed by atoms with E-state index in [2.05, 4.69) is 10.3 Å². The third-order valence-electron chi connectivity index (χ3n) is 4.12. The van der Waals surface area contributed by atoms with Crippen molar-refractivity contribution >= 4 is 39.5 Å². The number of imidazole rings is 1. The fourth-order valence-corrected chi connectivity index (χ4v) is 3.76. The van der Waals surface area contributed by atoms with Crippen LogP contribution in [0.2, 0.25) is 0 Å². The summed E-state index contributed by atoms with van der Waals surface area (Å²) in [5, 5.41) is 4.87. The monoisotopic (exact) mass is 340 g/mol. The Morgan fingerprint density at radius 1 is 1.38 bits per heavy atom. The molecule has 24 heavy (non-hydrogen) atoms. The first-order valence-corrected chi connectivity index (χ1v) is 8.60. The number of anilines is 2. The van der Waals surface area contributed by atoms with E-state index in [0.29, 0.717) is 6.54 Å². The zero-order chi connectivity index (χ0) is 16.7. The van der Waals surface area contributed by atoms with Gasteiger partial charge in [0.2, 0.25) is 11.8 Å². The van der Waals surface area contributed by atoms with Crippen LogP contribution >= 0.6 is 11.3 Å². The van der Waals surface area contributed by atoms with Gasteiger partial charge in [0, 0.05) is 42.6 Å². The Morgan fingerprint density at radius 3 is 3.04 bits per heavy atom. The summed E-state index contributed by atoms with van der Waals surface area (Å²) in [6, 6.07) is 5.68. The molecule has 0 bridgehead atoms. The molecule has 1 aromatic carbocycles. The molecule has 1 aliphatic heterocycles. The van der Waals surface area contributed by atoms with E-state index in [9.17, 15) is 9.59 Å². The summed E-state index contributed by atoms with van der Waals surface area (Å²) in [5.41, 5.74) is 3.54. The van der Waals surface area contributed by atoms with Crippen molar-refractivity contribution in [2.24, 2.45) is 0 Å². The Balaban J connectivity index is 1.46. The number of hydrogen-bond acceptors (Lipinski definition) is 4. The second-order valence-corrected chi connectivity index (χ2v) is 6.69. The Morgan fingerprint density at radius 2 is 2.25 bits per heavy atom. The van der Waals surface area contributed by atoms with Crippen molar-refractivity contribution in [2.75, 3.05) is 16.8 Å². The zero-order valence-electron chi connectivity index (χ0n) is 13.2. The molecular weight excluding hydrogens is 324 g/mol. The van der Waals surface area contributed by atoms with Gasteiger partial charge in [-0.3, -0.25) is 14.0 Å². The average molecular weight is 340 g/mol. The SMILES string of the molecule is CC(=O)N1CCc2cc(NC(=O)Cc3cn4ccsc4n3)ccc21. The molecule has 0 atom stereocenters. The smallest absolute Gasteiger partial charge is 0.230 e. The maximum Gasteiger partial charge on any atom is 0.230 e. The van der Waals surface area contributed by atoms with Gasteiger partial charge in [-0.1, -0.05) is 0 Å². The minimum atomic E-state index is -0.0953. The molecule has 1 N–H and O–H groups in total. The van der Waals surface area contributed by atoms with Gasteiger partial charge in [0.25, 0.3) is 0 Å². The molecule has 6 nitrogen and oxygen atoms in total. The third-order valence-corrected chi connectivity index (χ3v) is 4.89. The van der Waals surface area contributed by atoms with Gasteiger partial charge in [-0.25, -0.2) is 4.98 Å². The van der Waals surface area contributed by atoms with Crippen molar-refractivity contribution in [2.45, 2.75) is 19.8 Å². The van der Waals surface area contributed by atoms with Crippen molar-refractivity contribution in [1.82, 2.24) is 9.38 Å². The lowest BCUT2D eigenvalue weighted by Crippen LogP contribution is -2.25. The molecule has 3 heterocycles. The highest BCUT2D eigenvalue weighted by atomic mass is 32.1. The van der Waals surface area contributed by atoms with Crippen molar-refractivity contribution in [3.63, 3.8) is 0 Å². The molecule has 0 aliphatic carbocycles. The fraction of sp³-hybridized carbons (Fsp3) is 0.235. The van der Waals surface area contributed by atoms with Crippen LogP contribution in [0, 0.1) is 0 Å². The molecule has 0 fully saturated rings. The minimum absolute atomic E-state index is 0.0466. The van der Waals surface area contributed by atoms with Crippen LogP contribution < -0.4 is 10.2 Å².